The van der Waals surface area contributed by atoms with Crippen LogP contribution in [-0.4, -0.2) is 11.0 Å². The smallest absolute Gasteiger partial charge is 0.255 e. The molecule has 19 heavy (non-hydrogen) atoms. The molecule has 0 aliphatic rings. The number of hydrogen-bond acceptors (Lipinski definition) is 2. The molecule has 0 aliphatic carbocycles. The number of aryl methyl sites for hydroxylation is 2. The van der Waals surface area contributed by atoms with Crippen LogP contribution in [0.5, 0.6) is 5.75 Å². The Bertz CT molecular complexity index is 638. The quantitative estimate of drug-likeness (QED) is 0.868. The molecule has 4 heteroatoms. The Balaban J connectivity index is 2.28. The third-order valence-corrected chi connectivity index (χ3v) is 2.90. The van der Waals surface area contributed by atoms with E-state index in [9.17, 15) is 14.3 Å². The van der Waals surface area contributed by atoms with Crippen molar-refractivity contribution in [2.24, 2.45) is 0 Å². The van der Waals surface area contributed by atoms with E-state index in [0.29, 0.717) is 16.8 Å². The van der Waals surface area contributed by atoms with Gasteiger partial charge in [0.25, 0.3) is 5.91 Å². The molecule has 0 bridgehead atoms. The lowest BCUT2D eigenvalue weighted by Gasteiger charge is -2.10. The molecule has 0 atom stereocenters. The van der Waals surface area contributed by atoms with Gasteiger partial charge in [-0.3, -0.25) is 4.79 Å². The van der Waals surface area contributed by atoms with Gasteiger partial charge in [-0.25, -0.2) is 4.39 Å². The maximum Gasteiger partial charge on any atom is 0.255 e. The fourth-order valence-electron chi connectivity index (χ4n) is 1.82. The molecule has 0 saturated carbocycles. The average Bonchev–Trinajstić information content (AvgIpc) is 2.33. The SMILES string of the molecule is Cc1ccc(F)cc1NC(=O)c1ccc(O)cc1C. The van der Waals surface area contributed by atoms with Crippen LogP contribution >= 0.6 is 0 Å². The van der Waals surface area contributed by atoms with Crippen molar-refractivity contribution in [1.29, 1.82) is 0 Å². The average molecular weight is 259 g/mol. The third kappa shape index (κ3) is 2.91. The minimum absolute atomic E-state index is 0.107. The number of nitrogens with one attached hydrogen (secondary N) is 1. The minimum Gasteiger partial charge on any atom is -0.508 e. The highest BCUT2D eigenvalue weighted by Gasteiger charge is 2.11. The van der Waals surface area contributed by atoms with Gasteiger partial charge < -0.3 is 10.4 Å². The number of carbonyl (C=O) groups is 1. The van der Waals surface area contributed by atoms with Gasteiger partial charge >= 0.3 is 0 Å². The molecular weight excluding hydrogens is 245 g/mol. The normalized spacial score (nSPS) is 10.3. The number of aromatic hydroxyl groups is 1. The van der Waals surface area contributed by atoms with Gasteiger partial charge in [0.1, 0.15) is 11.6 Å². The Morgan fingerprint density at radius 2 is 1.84 bits per heavy atom. The molecule has 3 nitrogen and oxygen atoms in total. The van der Waals surface area contributed by atoms with Crippen molar-refractivity contribution in [3.8, 4) is 5.75 Å². The van der Waals surface area contributed by atoms with Crippen LogP contribution in [-0.2, 0) is 0 Å². The van der Waals surface area contributed by atoms with Gasteiger partial charge in [0.05, 0.1) is 0 Å². The van der Waals surface area contributed by atoms with Gasteiger partial charge in [-0.1, -0.05) is 6.07 Å². The first-order chi connectivity index (χ1) is 8.97. The molecule has 0 spiro atoms. The highest BCUT2D eigenvalue weighted by Crippen LogP contribution is 2.20. The predicted molar refractivity (Wildman–Crippen MR) is 71.9 cm³/mol. The van der Waals surface area contributed by atoms with Crippen LogP contribution in [0.4, 0.5) is 10.1 Å². The van der Waals surface area contributed by atoms with Crippen LogP contribution in [0.3, 0.4) is 0 Å². The van der Waals surface area contributed by atoms with Crippen molar-refractivity contribution in [1.82, 2.24) is 0 Å². The van der Waals surface area contributed by atoms with Crippen molar-refractivity contribution in [3.63, 3.8) is 0 Å². The van der Waals surface area contributed by atoms with Gasteiger partial charge in [0.2, 0.25) is 0 Å². The van der Waals surface area contributed by atoms with Crippen LogP contribution in [0, 0.1) is 19.7 Å². The van der Waals surface area contributed by atoms with Crippen molar-refractivity contribution in [3.05, 3.63) is 58.9 Å². The first kappa shape index (κ1) is 13.1. The van der Waals surface area contributed by atoms with E-state index in [1.165, 1.54) is 30.3 Å². The van der Waals surface area contributed by atoms with E-state index >= 15 is 0 Å². The van der Waals surface area contributed by atoms with E-state index in [-0.39, 0.29) is 11.7 Å². The first-order valence-corrected chi connectivity index (χ1v) is 5.84. The Morgan fingerprint density at radius 1 is 1.11 bits per heavy atom. The molecule has 0 saturated heterocycles. The van der Waals surface area contributed by atoms with E-state index < -0.39 is 5.82 Å². The summed E-state index contributed by atoms with van der Waals surface area (Å²) in [6.07, 6.45) is 0. The third-order valence-electron chi connectivity index (χ3n) is 2.90. The number of benzene rings is 2. The Kier molecular flexibility index (Phi) is 3.51. The number of rotatable bonds is 2. The van der Waals surface area contributed by atoms with E-state index in [4.69, 9.17) is 0 Å². The molecule has 2 aromatic carbocycles. The van der Waals surface area contributed by atoms with Crippen molar-refractivity contribution in [2.45, 2.75) is 13.8 Å². The zero-order valence-electron chi connectivity index (χ0n) is 10.7. The van der Waals surface area contributed by atoms with Gasteiger partial charge in [0, 0.05) is 11.3 Å². The molecule has 0 heterocycles. The molecule has 0 aliphatic heterocycles. The minimum atomic E-state index is -0.400. The van der Waals surface area contributed by atoms with Gasteiger partial charge in [-0.2, -0.15) is 0 Å². The maximum absolute atomic E-state index is 13.1. The summed E-state index contributed by atoms with van der Waals surface area (Å²) in [6, 6.07) is 8.72. The molecule has 0 fully saturated rings. The number of phenols is 1. The van der Waals surface area contributed by atoms with Crippen molar-refractivity contribution < 1.29 is 14.3 Å². The largest absolute Gasteiger partial charge is 0.508 e. The highest BCUT2D eigenvalue weighted by atomic mass is 19.1. The summed E-state index contributed by atoms with van der Waals surface area (Å²) in [7, 11) is 0. The lowest BCUT2D eigenvalue weighted by molar-refractivity contribution is 0.102. The van der Waals surface area contributed by atoms with Gasteiger partial charge in [0.15, 0.2) is 0 Å². The number of phenolic OH excluding ortho intramolecular Hbond substituents is 1. The number of carbonyl (C=O) groups excluding carboxylic acids is 1. The van der Waals surface area contributed by atoms with Gasteiger partial charge in [-0.05, 0) is 55.3 Å². The summed E-state index contributed by atoms with van der Waals surface area (Å²) in [5.74, 6) is -0.620. The molecule has 0 unspecified atom stereocenters. The van der Waals surface area contributed by atoms with E-state index in [1.807, 2.05) is 0 Å². The Labute approximate surface area is 110 Å². The summed E-state index contributed by atoms with van der Waals surface area (Å²) in [5, 5.41) is 12.0. The lowest BCUT2D eigenvalue weighted by Crippen LogP contribution is -2.14. The zero-order valence-corrected chi connectivity index (χ0v) is 10.7. The molecule has 1 amide bonds. The van der Waals surface area contributed by atoms with Crippen molar-refractivity contribution >= 4 is 11.6 Å². The molecule has 2 rings (SSSR count). The summed E-state index contributed by atoms with van der Waals surface area (Å²) in [5.41, 5.74) is 2.33. The van der Waals surface area contributed by atoms with Crippen LogP contribution in [0.2, 0.25) is 0 Å². The van der Waals surface area contributed by atoms with E-state index in [0.717, 1.165) is 5.56 Å². The second-order valence-electron chi connectivity index (χ2n) is 4.41. The molecule has 0 radical (unpaired) electrons. The molecule has 0 aromatic heterocycles. The number of anilines is 1. The zero-order chi connectivity index (χ0) is 14.0. The van der Waals surface area contributed by atoms with Crippen LogP contribution < -0.4 is 5.32 Å². The first-order valence-electron chi connectivity index (χ1n) is 5.84. The molecule has 98 valence electrons. The fourth-order valence-corrected chi connectivity index (χ4v) is 1.82. The summed E-state index contributed by atoms with van der Waals surface area (Å²) in [6.45, 7) is 3.52. The van der Waals surface area contributed by atoms with Crippen LogP contribution in [0.1, 0.15) is 21.5 Å². The van der Waals surface area contributed by atoms with Crippen molar-refractivity contribution in [2.75, 3.05) is 5.32 Å². The number of halogens is 1. The Hall–Kier alpha value is -2.36. The maximum atomic E-state index is 13.1. The number of hydrogen-bond donors (Lipinski definition) is 2. The predicted octanol–water partition coefficient (Wildman–Crippen LogP) is 3.40. The standard InChI is InChI=1S/C15H14FNO2/c1-9-3-4-11(16)8-14(9)17-15(19)13-6-5-12(18)7-10(13)2/h3-8,18H,1-2H3,(H,17,19). The topological polar surface area (TPSA) is 49.3 Å². The highest BCUT2D eigenvalue weighted by molar-refractivity contribution is 6.05. The lowest BCUT2D eigenvalue weighted by atomic mass is 10.1. The van der Waals surface area contributed by atoms with Crippen LogP contribution in [0.25, 0.3) is 0 Å². The summed E-state index contributed by atoms with van der Waals surface area (Å²) in [4.78, 5) is 12.1. The second kappa shape index (κ2) is 5.10. The summed E-state index contributed by atoms with van der Waals surface area (Å²) >= 11 is 0. The monoisotopic (exact) mass is 259 g/mol. The summed E-state index contributed by atoms with van der Waals surface area (Å²) < 4.78 is 13.1. The molecule has 2 N–H and O–H groups in total. The second-order valence-corrected chi connectivity index (χ2v) is 4.41. The van der Waals surface area contributed by atoms with E-state index in [1.54, 1.807) is 19.9 Å². The Morgan fingerprint density at radius 3 is 2.53 bits per heavy atom. The fraction of sp³-hybridized carbons (Fsp3) is 0.133. The molecule has 2 aromatic rings. The van der Waals surface area contributed by atoms with E-state index in [2.05, 4.69) is 5.32 Å². The van der Waals surface area contributed by atoms with Gasteiger partial charge in [-0.15, -0.1) is 0 Å². The number of amides is 1. The van der Waals surface area contributed by atoms with Crippen LogP contribution in [0.15, 0.2) is 36.4 Å². The molecular formula is C15H14FNO2.